The van der Waals surface area contributed by atoms with Crippen LogP contribution < -0.4 is 0 Å². The topological polar surface area (TPSA) is 61.0 Å². The molecule has 5 nitrogen and oxygen atoms in total. The van der Waals surface area contributed by atoms with Crippen LogP contribution in [0.5, 0.6) is 0 Å². The van der Waals surface area contributed by atoms with E-state index in [1.165, 1.54) is 4.68 Å². The van der Waals surface area contributed by atoms with Crippen molar-refractivity contribution in [3.8, 4) is 5.69 Å². The number of benzene rings is 1. The third-order valence-electron chi connectivity index (χ3n) is 2.00. The Hall–Kier alpha value is -2.17. The first kappa shape index (κ1) is 6.42. The van der Waals surface area contributed by atoms with E-state index >= 15 is 0 Å². The quantitative estimate of drug-likeness (QED) is 0.577. The molecule has 0 radical (unpaired) electrons. The standard InChI is InChI=1S/C11H11N3O2/c1-8-7-9(2)13(12-8)10-3-5-11(6-4-10)14(15)16/h3-7H,1-2H3/i3D,4D,5D,6D. The van der Waals surface area contributed by atoms with Crippen LogP contribution in [0.1, 0.15) is 16.9 Å². The molecule has 0 aliphatic rings. The molecule has 0 spiro atoms. The van der Waals surface area contributed by atoms with Gasteiger partial charge in [-0.2, -0.15) is 5.10 Å². The Morgan fingerprint density at radius 1 is 1.38 bits per heavy atom. The van der Waals surface area contributed by atoms with Crippen LogP contribution in [-0.4, -0.2) is 14.7 Å². The highest BCUT2D eigenvalue weighted by Gasteiger charge is 2.07. The molecule has 2 rings (SSSR count). The SMILES string of the molecule is [2H]c1c([2H])c([N+](=O)[O-])c([2H])c([2H])c1-n1nc(C)cc1C. The maximum absolute atomic E-state index is 10.8. The molecule has 1 aromatic heterocycles. The molecule has 1 aromatic carbocycles. The van der Waals surface area contributed by atoms with Crippen molar-refractivity contribution in [1.29, 1.82) is 0 Å². The highest BCUT2D eigenvalue weighted by atomic mass is 16.6. The Morgan fingerprint density at radius 2 is 2.00 bits per heavy atom. The molecule has 0 atom stereocenters. The van der Waals surface area contributed by atoms with E-state index in [1.807, 2.05) is 0 Å². The Kier molecular flexibility index (Phi) is 1.51. The van der Waals surface area contributed by atoms with E-state index in [4.69, 9.17) is 5.48 Å². The van der Waals surface area contributed by atoms with E-state index in [0.717, 1.165) is 0 Å². The normalized spacial score (nSPS) is 13.9. The molecule has 82 valence electrons. The van der Waals surface area contributed by atoms with Gasteiger partial charge in [0.15, 0.2) is 0 Å². The third kappa shape index (κ3) is 1.79. The molecule has 0 aliphatic heterocycles. The van der Waals surface area contributed by atoms with Gasteiger partial charge in [-0.15, -0.1) is 0 Å². The van der Waals surface area contributed by atoms with Crippen LogP contribution in [0, 0.1) is 24.0 Å². The lowest BCUT2D eigenvalue weighted by molar-refractivity contribution is -0.384. The van der Waals surface area contributed by atoms with Gasteiger partial charge in [-0.25, -0.2) is 4.68 Å². The maximum atomic E-state index is 10.8. The monoisotopic (exact) mass is 221 g/mol. The van der Waals surface area contributed by atoms with Crippen molar-refractivity contribution in [3.63, 3.8) is 0 Å². The summed E-state index contributed by atoms with van der Waals surface area (Å²) >= 11 is 0. The average molecular weight is 221 g/mol. The van der Waals surface area contributed by atoms with Crippen molar-refractivity contribution in [3.05, 3.63) is 51.7 Å². The molecule has 0 amide bonds. The minimum absolute atomic E-state index is 0.0869. The largest absolute Gasteiger partial charge is 0.269 e. The zero-order chi connectivity index (χ0) is 15.2. The van der Waals surface area contributed by atoms with Crippen LogP contribution in [0.3, 0.4) is 0 Å². The van der Waals surface area contributed by atoms with Gasteiger partial charge in [0.25, 0.3) is 5.69 Å². The molecule has 0 saturated heterocycles. The molecule has 16 heavy (non-hydrogen) atoms. The average Bonchev–Trinajstić information content (AvgIpc) is 2.66. The number of aryl methyl sites for hydroxylation is 2. The maximum Gasteiger partial charge on any atom is 0.269 e. The molecule has 0 unspecified atom stereocenters. The fraction of sp³-hybridized carbons (Fsp3) is 0.182. The lowest BCUT2D eigenvalue weighted by Crippen LogP contribution is -1.99. The molecule has 0 N–H and O–H groups in total. The molecule has 0 bridgehead atoms. The number of nitro benzene ring substituents is 1. The summed E-state index contributed by atoms with van der Waals surface area (Å²) in [5.74, 6) is 0. The summed E-state index contributed by atoms with van der Waals surface area (Å²) < 4.78 is 32.3. The lowest BCUT2D eigenvalue weighted by atomic mass is 10.3. The van der Waals surface area contributed by atoms with E-state index in [1.54, 1.807) is 19.9 Å². The molecule has 5 heteroatoms. The summed E-state index contributed by atoms with van der Waals surface area (Å²) in [6.07, 6.45) is 0. The van der Waals surface area contributed by atoms with Crippen molar-refractivity contribution in [2.45, 2.75) is 13.8 Å². The van der Waals surface area contributed by atoms with Crippen LogP contribution in [0.2, 0.25) is 0 Å². The summed E-state index contributed by atoms with van der Waals surface area (Å²) in [6.45, 7) is 3.43. The van der Waals surface area contributed by atoms with Crippen LogP contribution >= 0.6 is 0 Å². The predicted molar refractivity (Wildman–Crippen MR) is 59.7 cm³/mol. The lowest BCUT2D eigenvalue weighted by Gasteiger charge is -2.03. The highest BCUT2D eigenvalue weighted by molar-refractivity contribution is 5.41. The van der Waals surface area contributed by atoms with Crippen molar-refractivity contribution in [2.24, 2.45) is 0 Å². The Labute approximate surface area is 98.1 Å². The van der Waals surface area contributed by atoms with Crippen molar-refractivity contribution < 1.29 is 10.4 Å². The van der Waals surface area contributed by atoms with E-state index in [0.29, 0.717) is 11.4 Å². The van der Waals surface area contributed by atoms with E-state index < -0.39 is 34.8 Å². The van der Waals surface area contributed by atoms with Crippen LogP contribution in [0.4, 0.5) is 5.69 Å². The second-order valence-corrected chi connectivity index (χ2v) is 3.29. The first-order chi connectivity index (χ1) is 9.25. The van der Waals surface area contributed by atoms with E-state index in [-0.39, 0.29) is 5.69 Å². The minimum atomic E-state index is -0.911. The zero-order valence-corrected chi connectivity index (χ0v) is 8.74. The molecule has 2 aromatic rings. The molecular weight excluding hydrogens is 206 g/mol. The molecule has 1 heterocycles. The number of nitrogens with zero attached hydrogens (tertiary/aromatic N) is 3. The first-order valence-corrected chi connectivity index (χ1v) is 4.54. The van der Waals surface area contributed by atoms with Crippen molar-refractivity contribution in [2.75, 3.05) is 0 Å². The van der Waals surface area contributed by atoms with Gasteiger partial charge in [0.2, 0.25) is 0 Å². The van der Waals surface area contributed by atoms with Gasteiger partial charge in [-0.05, 0) is 32.0 Å². The highest BCUT2D eigenvalue weighted by Crippen LogP contribution is 2.16. The molecule has 0 fully saturated rings. The number of aromatic nitrogens is 2. The zero-order valence-electron chi connectivity index (χ0n) is 12.7. The summed E-state index contributed by atoms with van der Waals surface area (Å²) in [5, 5.41) is 14.9. The van der Waals surface area contributed by atoms with Gasteiger partial charge < -0.3 is 0 Å². The fourth-order valence-electron chi connectivity index (χ4n) is 1.35. The summed E-state index contributed by atoms with van der Waals surface area (Å²) in [4.78, 5) is 9.93. The van der Waals surface area contributed by atoms with E-state index in [9.17, 15) is 10.1 Å². The van der Waals surface area contributed by atoms with Gasteiger partial charge in [-0.3, -0.25) is 10.1 Å². The van der Waals surface area contributed by atoms with Crippen LogP contribution in [-0.2, 0) is 0 Å². The van der Waals surface area contributed by atoms with Gasteiger partial charge >= 0.3 is 0 Å². The Balaban J connectivity index is 2.86. The second kappa shape index (κ2) is 3.77. The van der Waals surface area contributed by atoms with Crippen LogP contribution in [0.15, 0.2) is 30.2 Å². The number of nitro groups is 1. The number of rotatable bonds is 2. The molecule has 0 aliphatic carbocycles. The van der Waals surface area contributed by atoms with Gasteiger partial charge in [0.05, 0.1) is 21.8 Å². The van der Waals surface area contributed by atoms with Gasteiger partial charge in [0.1, 0.15) is 0 Å². The molecular formula is C11H11N3O2. The van der Waals surface area contributed by atoms with Crippen molar-refractivity contribution >= 4 is 5.69 Å². The minimum Gasteiger partial charge on any atom is -0.258 e. The first-order valence-electron chi connectivity index (χ1n) is 6.54. The fourth-order valence-corrected chi connectivity index (χ4v) is 1.35. The number of hydrogen-bond acceptors (Lipinski definition) is 3. The van der Waals surface area contributed by atoms with Gasteiger partial charge in [-0.1, -0.05) is 0 Å². The van der Waals surface area contributed by atoms with E-state index in [2.05, 4.69) is 5.10 Å². The van der Waals surface area contributed by atoms with Crippen molar-refractivity contribution in [1.82, 2.24) is 9.78 Å². The predicted octanol–water partition coefficient (Wildman–Crippen LogP) is 2.40. The number of hydrogen-bond donors (Lipinski definition) is 0. The van der Waals surface area contributed by atoms with Crippen LogP contribution in [0.25, 0.3) is 5.69 Å². The summed E-state index contributed by atoms with van der Waals surface area (Å²) in [6, 6.07) is -0.613. The Morgan fingerprint density at radius 3 is 2.44 bits per heavy atom. The summed E-state index contributed by atoms with van der Waals surface area (Å²) in [5.41, 5.74) is 0.358. The summed E-state index contributed by atoms with van der Waals surface area (Å²) in [7, 11) is 0. The second-order valence-electron chi connectivity index (χ2n) is 3.29. The van der Waals surface area contributed by atoms with Gasteiger partial charge in [0, 0.05) is 17.8 Å². The molecule has 0 saturated carbocycles. The Bertz CT molecular complexity index is 698. The third-order valence-corrected chi connectivity index (χ3v) is 2.00. The smallest absolute Gasteiger partial charge is 0.258 e.